The van der Waals surface area contributed by atoms with Gasteiger partial charge in [-0.25, -0.2) is 4.79 Å². The van der Waals surface area contributed by atoms with Crippen LogP contribution in [0.1, 0.15) is 17.0 Å². The summed E-state index contributed by atoms with van der Waals surface area (Å²) in [5.74, 6) is -2.24. The lowest BCUT2D eigenvalue weighted by Gasteiger charge is -2.15. The number of nitrogens with zero attached hydrogens (tertiary/aromatic N) is 2. The van der Waals surface area contributed by atoms with Gasteiger partial charge in [0.2, 0.25) is 5.91 Å². The minimum Gasteiger partial charge on any atom is -0.481 e. The van der Waals surface area contributed by atoms with Gasteiger partial charge in [0, 0.05) is 12.1 Å². The highest BCUT2D eigenvalue weighted by Crippen LogP contribution is 2.44. The van der Waals surface area contributed by atoms with E-state index < -0.39 is 29.9 Å². The number of aliphatic carboxylic acids is 1. The Kier molecular flexibility index (Phi) is 6.19. The number of carbonyl (C=O) groups excluding carboxylic acids is 2. The van der Waals surface area contributed by atoms with Gasteiger partial charge in [0.05, 0.1) is 31.1 Å². The average molecular weight is 476 g/mol. The molecule has 3 aromatic rings. The van der Waals surface area contributed by atoms with Crippen LogP contribution in [-0.2, 0) is 25.6 Å². The van der Waals surface area contributed by atoms with Crippen molar-refractivity contribution in [3.05, 3.63) is 72.1 Å². The Bertz CT molecular complexity index is 1230. The molecule has 2 aliphatic rings. The highest BCUT2D eigenvalue weighted by Gasteiger charge is 2.35. The molecule has 1 fully saturated rings. The molecule has 0 radical (unpaired) electrons. The van der Waals surface area contributed by atoms with Crippen LogP contribution in [-0.4, -0.2) is 58.7 Å². The number of amides is 2. The Balaban J connectivity index is 1.15. The normalized spacial score (nSPS) is 18.5. The predicted octanol–water partition coefficient (Wildman–Crippen LogP) is 2.46. The van der Waals surface area contributed by atoms with E-state index in [4.69, 9.17) is 9.47 Å². The topological polar surface area (TPSA) is 132 Å². The van der Waals surface area contributed by atoms with Gasteiger partial charge < -0.3 is 19.9 Å². The zero-order chi connectivity index (χ0) is 24.4. The molecule has 0 saturated carbocycles. The van der Waals surface area contributed by atoms with Crippen molar-refractivity contribution in [1.29, 1.82) is 0 Å². The summed E-state index contributed by atoms with van der Waals surface area (Å²) in [6, 6.07) is 15.6. The Morgan fingerprint density at radius 1 is 1.06 bits per heavy atom. The smallest absolute Gasteiger partial charge is 0.411 e. The summed E-state index contributed by atoms with van der Waals surface area (Å²) in [6.45, 7) is 0.270. The monoisotopic (exact) mass is 476 g/mol. The van der Waals surface area contributed by atoms with E-state index in [0.29, 0.717) is 5.69 Å². The van der Waals surface area contributed by atoms with Gasteiger partial charge in [-0.3, -0.25) is 19.6 Å². The number of carboxylic acid groups (broad SMARTS) is 1. The number of hydrogen-bond donors (Lipinski definition) is 3. The molecule has 1 aliphatic carbocycles. The second-order valence-electron chi connectivity index (χ2n) is 8.53. The molecule has 35 heavy (non-hydrogen) atoms. The lowest BCUT2D eigenvalue weighted by atomic mass is 9.98. The van der Waals surface area contributed by atoms with Crippen LogP contribution in [0.25, 0.3) is 11.1 Å². The van der Waals surface area contributed by atoms with Crippen molar-refractivity contribution in [3.8, 4) is 11.1 Å². The molecule has 0 bridgehead atoms. The molecule has 0 spiro atoms. The summed E-state index contributed by atoms with van der Waals surface area (Å²) in [6.07, 6.45) is 2.29. The molecule has 180 valence electrons. The van der Waals surface area contributed by atoms with Gasteiger partial charge >= 0.3 is 12.1 Å². The highest BCUT2D eigenvalue weighted by molar-refractivity contribution is 5.85. The van der Waals surface area contributed by atoms with E-state index in [1.54, 1.807) is 0 Å². The van der Waals surface area contributed by atoms with E-state index in [9.17, 15) is 19.5 Å². The van der Waals surface area contributed by atoms with Crippen molar-refractivity contribution in [2.45, 2.75) is 18.5 Å². The number of anilines is 1. The maximum atomic E-state index is 12.4. The average Bonchev–Trinajstić information content (AvgIpc) is 3.56. The van der Waals surface area contributed by atoms with Crippen molar-refractivity contribution in [1.82, 2.24) is 15.1 Å². The SMILES string of the molecule is O=C(Cn1cc(NC(=O)OCC2c3ccccc3-c3ccccc32)cn1)NC1COCC1C(=O)O. The first-order chi connectivity index (χ1) is 17.0. The van der Waals surface area contributed by atoms with Gasteiger partial charge in [-0.15, -0.1) is 0 Å². The number of aromatic nitrogens is 2. The van der Waals surface area contributed by atoms with E-state index in [1.165, 1.54) is 17.1 Å². The zero-order valence-electron chi connectivity index (χ0n) is 18.7. The lowest BCUT2D eigenvalue weighted by molar-refractivity contribution is -0.142. The van der Waals surface area contributed by atoms with Gasteiger partial charge in [0.25, 0.3) is 0 Å². The fourth-order valence-electron chi connectivity index (χ4n) is 4.61. The summed E-state index contributed by atoms with van der Waals surface area (Å²) in [4.78, 5) is 35.9. The van der Waals surface area contributed by atoms with Crippen LogP contribution in [0.3, 0.4) is 0 Å². The molecule has 1 aromatic heterocycles. The standard InChI is InChI=1S/C25H24N4O6/c30-23(28-22-14-34-12-21(22)24(31)32)11-29-10-15(9-26-29)27-25(33)35-13-20-18-7-3-1-5-16(18)17-6-2-4-8-19(17)20/h1-10,20-22H,11-14H2,(H,27,33)(H,28,30)(H,31,32). The van der Waals surface area contributed by atoms with Crippen LogP contribution in [0.2, 0.25) is 0 Å². The van der Waals surface area contributed by atoms with E-state index in [2.05, 4.69) is 27.9 Å². The first-order valence-corrected chi connectivity index (χ1v) is 11.2. The maximum absolute atomic E-state index is 12.4. The van der Waals surface area contributed by atoms with E-state index in [0.717, 1.165) is 22.3 Å². The number of carboxylic acids is 1. The number of fused-ring (bicyclic) bond motifs is 3. The number of rotatable bonds is 7. The summed E-state index contributed by atoms with van der Waals surface area (Å²) >= 11 is 0. The van der Waals surface area contributed by atoms with Crippen molar-refractivity contribution in [3.63, 3.8) is 0 Å². The van der Waals surface area contributed by atoms with Crippen LogP contribution >= 0.6 is 0 Å². The first-order valence-electron chi connectivity index (χ1n) is 11.2. The van der Waals surface area contributed by atoms with Crippen LogP contribution in [0, 0.1) is 5.92 Å². The fourth-order valence-corrected chi connectivity index (χ4v) is 4.61. The van der Waals surface area contributed by atoms with Crippen molar-refractivity contribution >= 4 is 23.7 Å². The second kappa shape index (κ2) is 9.59. The Morgan fingerprint density at radius 2 is 1.74 bits per heavy atom. The fraction of sp³-hybridized carbons (Fsp3) is 0.280. The Hall–Kier alpha value is -4.18. The molecule has 1 saturated heterocycles. The Labute approximate surface area is 200 Å². The minimum atomic E-state index is -1.01. The molecular weight excluding hydrogens is 452 g/mol. The molecule has 2 aromatic carbocycles. The van der Waals surface area contributed by atoms with E-state index in [-0.39, 0.29) is 32.3 Å². The number of hydrogen-bond acceptors (Lipinski definition) is 6. The van der Waals surface area contributed by atoms with Crippen molar-refractivity contribution in [2.75, 3.05) is 25.1 Å². The summed E-state index contributed by atoms with van der Waals surface area (Å²) < 4.78 is 12.0. The molecule has 3 N–H and O–H groups in total. The predicted molar refractivity (Wildman–Crippen MR) is 125 cm³/mol. The van der Waals surface area contributed by atoms with Crippen LogP contribution in [0.15, 0.2) is 60.9 Å². The largest absolute Gasteiger partial charge is 0.481 e. The summed E-state index contributed by atoms with van der Waals surface area (Å²) in [7, 11) is 0. The lowest BCUT2D eigenvalue weighted by Crippen LogP contribution is -2.44. The Morgan fingerprint density at radius 3 is 2.43 bits per heavy atom. The molecule has 1 aliphatic heterocycles. The third-order valence-electron chi connectivity index (χ3n) is 6.27. The van der Waals surface area contributed by atoms with Crippen molar-refractivity contribution in [2.24, 2.45) is 5.92 Å². The zero-order valence-corrected chi connectivity index (χ0v) is 18.7. The van der Waals surface area contributed by atoms with E-state index >= 15 is 0 Å². The van der Waals surface area contributed by atoms with Gasteiger partial charge in [-0.1, -0.05) is 48.5 Å². The molecule has 2 heterocycles. The number of ether oxygens (including phenoxy) is 2. The quantitative estimate of drug-likeness (QED) is 0.477. The second-order valence-corrected chi connectivity index (χ2v) is 8.53. The van der Waals surface area contributed by atoms with Gasteiger partial charge in [-0.05, 0) is 22.3 Å². The summed E-state index contributed by atoms with van der Waals surface area (Å²) in [5, 5.41) is 18.5. The van der Waals surface area contributed by atoms with Crippen LogP contribution in [0.4, 0.5) is 10.5 Å². The van der Waals surface area contributed by atoms with Gasteiger partial charge in [0.15, 0.2) is 0 Å². The molecule has 10 heteroatoms. The molecule has 2 atom stereocenters. The number of benzene rings is 2. The maximum Gasteiger partial charge on any atom is 0.411 e. The van der Waals surface area contributed by atoms with Crippen molar-refractivity contribution < 1.29 is 29.0 Å². The molecule has 2 amide bonds. The number of nitrogens with one attached hydrogen (secondary N) is 2. The first kappa shape index (κ1) is 22.6. The van der Waals surface area contributed by atoms with E-state index in [1.807, 2.05) is 36.4 Å². The highest BCUT2D eigenvalue weighted by atomic mass is 16.5. The third-order valence-corrected chi connectivity index (χ3v) is 6.27. The summed E-state index contributed by atoms with van der Waals surface area (Å²) in [5.41, 5.74) is 4.92. The van der Waals surface area contributed by atoms with Gasteiger partial charge in [-0.2, -0.15) is 5.10 Å². The molecule has 10 nitrogen and oxygen atoms in total. The molecule has 2 unspecified atom stereocenters. The third kappa shape index (κ3) is 4.73. The van der Waals surface area contributed by atoms with Crippen LogP contribution < -0.4 is 10.6 Å². The molecular formula is C25H24N4O6. The van der Waals surface area contributed by atoms with Crippen LogP contribution in [0.5, 0.6) is 0 Å². The number of carbonyl (C=O) groups is 3. The molecule has 5 rings (SSSR count). The minimum absolute atomic E-state index is 0.0474. The van der Waals surface area contributed by atoms with Gasteiger partial charge in [0.1, 0.15) is 19.1 Å².